The highest BCUT2D eigenvalue weighted by atomic mass is 35.5. The third-order valence-corrected chi connectivity index (χ3v) is 7.89. The standard InChI is InChI=1S/C26H16Cl5FN2O2/c27-15-6-14(7-16(28)9-15)23-24(26(23,30)31)25(36)34-17-1-2-19(29)18(10-17)22(35)8-13-5-12-3-4-33-21(12)11-20(13)32/h1-7,9-11,23-24,33H,8H2,(H,34,36). The van der Waals surface area contributed by atoms with Gasteiger partial charge in [-0.3, -0.25) is 9.59 Å². The van der Waals surface area contributed by atoms with Gasteiger partial charge in [0, 0.05) is 45.3 Å². The number of halogens is 6. The Morgan fingerprint density at radius 1 is 0.972 bits per heavy atom. The Labute approximate surface area is 230 Å². The third kappa shape index (κ3) is 4.83. The molecular weight excluding hydrogens is 569 g/mol. The molecule has 1 aliphatic rings. The summed E-state index contributed by atoms with van der Waals surface area (Å²) in [5.41, 5.74) is 2.01. The zero-order valence-corrected chi connectivity index (χ0v) is 22.0. The lowest BCUT2D eigenvalue weighted by Gasteiger charge is -2.10. The summed E-state index contributed by atoms with van der Waals surface area (Å²) in [6.07, 6.45) is 1.50. The molecule has 0 radical (unpaired) electrons. The molecule has 0 aliphatic heterocycles. The number of Topliss-reactive ketones (excluding diaryl/α,β-unsaturated/α-hetero) is 1. The molecule has 10 heteroatoms. The maximum absolute atomic E-state index is 14.5. The Hall–Kier alpha value is -2.28. The van der Waals surface area contributed by atoms with Crippen LogP contribution >= 0.6 is 58.0 Å². The van der Waals surface area contributed by atoms with Gasteiger partial charge in [-0.25, -0.2) is 4.39 Å². The summed E-state index contributed by atoms with van der Waals surface area (Å²) in [4.78, 5) is 29.0. The van der Waals surface area contributed by atoms with E-state index in [4.69, 9.17) is 58.0 Å². The smallest absolute Gasteiger partial charge is 0.231 e. The highest BCUT2D eigenvalue weighted by Gasteiger charge is 2.67. The number of amides is 1. The first-order chi connectivity index (χ1) is 17.0. The molecule has 1 saturated carbocycles. The van der Waals surface area contributed by atoms with E-state index in [9.17, 15) is 14.0 Å². The molecule has 2 atom stereocenters. The molecule has 0 saturated heterocycles. The molecule has 3 aromatic carbocycles. The molecule has 184 valence electrons. The largest absolute Gasteiger partial charge is 0.361 e. The average Bonchev–Trinajstić information content (AvgIpc) is 3.12. The molecule has 36 heavy (non-hydrogen) atoms. The molecule has 2 N–H and O–H groups in total. The topological polar surface area (TPSA) is 62.0 Å². The van der Waals surface area contributed by atoms with E-state index in [1.165, 1.54) is 18.2 Å². The second-order valence-corrected chi connectivity index (χ2v) is 11.3. The van der Waals surface area contributed by atoms with Crippen molar-refractivity contribution in [2.75, 3.05) is 5.32 Å². The molecular formula is C26H16Cl5FN2O2. The number of ketones is 1. The molecule has 2 unspecified atom stereocenters. The fourth-order valence-corrected chi connectivity index (χ4v) is 5.98. The first kappa shape index (κ1) is 25.4. The molecule has 4 aromatic rings. The Balaban J connectivity index is 1.34. The van der Waals surface area contributed by atoms with Crippen LogP contribution < -0.4 is 5.32 Å². The zero-order chi connectivity index (χ0) is 25.8. The van der Waals surface area contributed by atoms with Crippen molar-refractivity contribution < 1.29 is 14.0 Å². The number of benzene rings is 3. The van der Waals surface area contributed by atoms with E-state index in [2.05, 4.69) is 10.3 Å². The number of anilines is 1. The van der Waals surface area contributed by atoms with Crippen molar-refractivity contribution in [3.63, 3.8) is 0 Å². The van der Waals surface area contributed by atoms with Crippen LogP contribution in [0.25, 0.3) is 10.9 Å². The maximum atomic E-state index is 14.5. The van der Waals surface area contributed by atoms with E-state index in [0.717, 1.165) is 5.39 Å². The zero-order valence-electron chi connectivity index (χ0n) is 18.2. The van der Waals surface area contributed by atoms with Crippen LogP contribution in [-0.4, -0.2) is 21.0 Å². The number of H-pyrrole nitrogens is 1. The number of aromatic nitrogens is 1. The Bertz CT molecular complexity index is 1510. The number of hydrogen-bond donors (Lipinski definition) is 2. The number of aromatic amines is 1. The maximum Gasteiger partial charge on any atom is 0.231 e. The van der Waals surface area contributed by atoms with Gasteiger partial charge in [0.2, 0.25) is 5.91 Å². The van der Waals surface area contributed by atoms with Crippen LogP contribution in [0.4, 0.5) is 10.1 Å². The van der Waals surface area contributed by atoms with Gasteiger partial charge in [-0.05, 0) is 71.1 Å². The minimum Gasteiger partial charge on any atom is -0.361 e. The van der Waals surface area contributed by atoms with Gasteiger partial charge in [-0.2, -0.15) is 0 Å². The number of rotatable bonds is 6. The quantitative estimate of drug-likeness (QED) is 0.177. The number of alkyl halides is 2. The normalized spacial score (nSPS) is 18.3. The van der Waals surface area contributed by atoms with Gasteiger partial charge >= 0.3 is 0 Å². The molecule has 1 fully saturated rings. The van der Waals surface area contributed by atoms with Crippen LogP contribution in [0.2, 0.25) is 15.1 Å². The monoisotopic (exact) mass is 582 g/mol. The molecule has 1 aliphatic carbocycles. The molecule has 5 rings (SSSR count). The van der Waals surface area contributed by atoms with Crippen LogP contribution in [0.15, 0.2) is 60.8 Å². The van der Waals surface area contributed by atoms with Crippen molar-refractivity contribution in [3.05, 3.63) is 98.4 Å². The first-order valence-corrected chi connectivity index (χ1v) is 12.7. The van der Waals surface area contributed by atoms with Crippen LogP contribution in [0.5, 0.6) is 0 Å². The first-order valence-electron chi connectivity index (χ1n) is 10.8. The van der Waals surface area contributed by atoms with E-state index in [-0.39, 0.29) is 22.6 Å². The Kier molecular flexibility index (Phi) is 6.73. The average molecular weight is 585 g/mol. The number of nitrogens with one attached hydrogen (secondary N) is 2. The van der Waals surface area contributed by atoms with Gasteiger partial charge < -0.3 is 10.3 Å². The van der Waals surface area contributed by atoms with E-state index < -0.39 is 33.7 Å². The summed E-state index contributed by atoms with van der Waals surface area (Å²) in [7, 11) is 0. The van der Waals surface area contributed by atoms with Crippen molar-refractivity contribution >= 4 is 86.3 Å². The lowest BCUT2D eigenvalue weighted by molar-refractivity contribution is -0.117. The third-order valence-electron chi connectivity index (χ3n) is 6.19. The predicted octanol–water partition coefficient (Wildman–Crippen LogP) is 8.22. The molecule has 0 spiro atoms. The highest BCUT2D eigenvalue weighted by Crippen LogP contribution is 2.65. The predicted molar refractivity (Wildman–Crippen MR) is 144 cm³/mol. The molecule has 1 aromatic heterocycles. The van der Waals surface area contributed by atoms with Crippen molar-refractivity contribution in [1.82, 2.24) is 4.98 Å². The van der Waals surface area contributed by atoms with E-state index in [0.29, 0.717) is 26.8 Å². The second kappa shape index (κ2) is 9.55. The lowest BCUT2D eigenvalue weighted by atomic mass is 10.0. The van der Waals surface area contributed by atoms with Crippen LogP contribution in [0.3, 0.4) is 0 Å². The van der Waals surface area contributed by atoms with Crippen molar-refractivity contribution in [2.24, 2.45) is 5.92 Å². The minimum absolute atomic E-state index is 0.153. The van der Waals surface area contributed by atoms with Gasteiger partial charge in [0.05, 0.1) is 10.9 Å². The van der Waals surface area contributed by atoms with E-state index in [1.807, 2.05) is 0 Å². The molecule has 1 heterocycles. The number of hydrogen-bond acceptors (Lipinski definition) is 2. The SMILES string of the molecule is O=C(Cc1cc2cc[nH]c2cc1F)c1cc(NC(=O)C2C(c3cc(Cl)cc(Cl)c3)C2(Cl)Cl)ccc1Cl. The number of carbonyl (C=O) groups is 2. The molecule has 1 amide bonds. The fraction of sp³-hybridized carbons (Fsp3) is 0.154. The molecule has 0 bridgehead atoms. The summed E-state index contributed by atoms with van der Waals surface area (Å²) in [6.45, 7) is 0. The highest BCUT2D eigenvalue weighted by molar-refractivity contribution is 6.53. The van der Waals surface area contributed by atoms with Gasteiger partial charge in [-0.15, -0.1) is 23.2 Å². The molecule has 4 nitrogen and oxygen atoms in total. The summed E-state index contributed by atoms with van der Waals surface area (Å²) >= 11 is 31.3. The lowest BCUT2D eigenvalue weighted by Crippen LogP contribution is -2.17. The summed E-state index contributed by atoms with van der Waals surface area (Å²) < 4.78 is 13.2. The van der Waals surface area contributed by atoms with E-state index >= 15 is 0 Å². The summed E-state index contributed by atoms with van der Waals surface area (Å²) in [6, 6.07) is 14.2. The fourth-order valence-electron chi connectivity index (χ4n) is 4.38. The van der Waals surface area contributed by atoms with Crippen molar-refractivity contribution in [3.8, 4) is 0 Å². The van der Waals surface area contributed by atoms with Crippen molar-refractivity contribution in [1.29, 1.82) is 0 Å². The van der Waals surface area contributed by atoms with Gasteiger partial charge in [-0.1, -0.05) is 34.8 Å². The number of carbonyl (C=O) groups excluding carboxylic acids is 2. The van der Waals surface area contributed by atoms with Gasteiger partial charge in [0.25, 0.3) is 0 Å². The van der Waals surface area contributed by atoms with Gasteiger partial charge in [0.1, 0.15) is 10.2 Å². The second-order valence-electron chi connectivity index (χ2n) is 8.63. The van der Waals surface area contributed by atoms with Crippen LogP contribution in [0.1, 0.15) is 27.4 Å². The van der Waals surface area contributed by atoms with E-state index in [1.54, 1.807) is 42.6 Å². The minimum atomic E-state index is -1.35. The van der Waals surface area contributed by atoms with Crippen LogP contribution in [-0.2, 0) is 11.2 Å². The Morgan fingerprint density at radius 3 is 2.42 bits per heavy atom. The van der Waals surface area contributed by atoms with Crippen LogP contribution in [0, 0.1) is 11.7 Å². The van der Waals surface area contributed by atoms with Gasteiger partial charge in [0.15, 0.2) is 5.78 Å². The summed E-state index contributed by atoms with van der Waals surface area (Å²) in [5, 5.41) is 4.52. The summed E-state index contributed by atoms with van der Waals surface area (Å²) in [5.74, 6) is -2.62. The number of fused-ring (bicyclic) bond motifs is 1. The van der Waals surface area contributed by atoms with Crippen molar-refractivity contribution in [2.45, 2.75) is 16.7 Å². The Morgan fingerprint density at radius 2 is 1.69 bits per heavy atom.